The average Bonchev–Trinajstić information content (AvgIpc) is 4.05. The molecule has 10 aromatic rings. The molecular formula is C75H64N2. The molecule has 0 aliphatic heterocycles. The Bertz CT molecular complexity index is 3910. The molecule has 6 atom stereocenters. The van der Waals surface area contributed by atoms with Crippen LogP contribution in [0.5, 0.6) is 0 Å². The van der Waals surface area contributed by atoms with Gasteiger partial charge in [0.2, 0.25) is 0 Å². The quantitative estimate of drug-likeness (QED) is 0.150. The first-order chi connectivity index (χ1) is 37.8. The first-order valence-electron chi connectivity index (χ1n) is 28.4. The highest BCUT2D eigenvalue weighted by molar-refractivity contribution is 6.01. The Morgan fingerprint density at radius 2 is 0.844 bits per heavy atom. The van der Waals surface area contributed by atoms with Gasteiger partial charge in [0.25, 0.3) is 0 Å². The molecule has 15 rings (SSSR count). The second-order valence-corrected chi connectivity index (χ2v) is 23.9. The van der Waals surface area contributed by atoms with Crippen LogP contribution in [0, 0.1) is 23.7 Å². The summed E-state index contributed by atoms with van der Waals surface area (Å²) in [5, 5.41) is 0. The first kappa shape index (κ1) is 46.1. The normalized spacial score (nSPS) is 21.6. The number of rotatable bonds is 8. The van der Waals surface area contributed by atoms with E-state index in [0.29, 0.717) is 11.8 Å². The highest BCUT2D eigenvalue weighted by Gasteiger charge is 2.52. The van der Waals surface area contributed by atoms with Gasteiger partial charge in [0.1, 0.15) is 0 Å². The molecule has 0 amide bonds. The van der Waals surface area contributed by atoms with Crippen LogP contribution in [0.3, 0.4) is 0 Å². The molecule has 1 spiro atoms. The van der Waals surface area contributed by atoms with Crippen LogP contribution in [0.2, 0.25) is 0 Å². The smallest absolute Gasteiger partial charge is 0.0727 e. The summed E-state index contributed by atoms with van der Waals surface area (Å²) < 4.78 is 0. The van der Waals surface area contributed by atoms with Crippen molar-refractivity contribution in [2.45, 2.75) is 70.1 Å². The molecule has 5 aliphatic carbocycles. The van der Waals surface area contributed by atoms with Crippen molar-refractivity contribution in [1.29, 1.82) is 0 Å². The van der Waals surface area contributed by atoms with Gasteiger partial charge in [-0.05, 0) is 206 Å². The Morgan fingerprint density at radius 3 is 1.53 bits per heavy atom. The third-order valence-corrected chi connectivity index (χ3v) is 19.1. The van der Waals surface area contributed by atoms with E-state index < -0.39 is 5.41 Å². The standard InChI is InChI=1S/C75H64N2/c1-48-40-50-42-49(2)73(53(41-48)43-50)52-32-34-56(35-33-52)77(55-24-12-7-13-25-55)72-47-71-65(46-63(72)51-20-8-5-9-21-51)61-28-16-19-31-69(61)75(71)68-30-18-15-26-59(68)62-38-36-58(45-70(62)75)76(54-22-10-6-11-23-54)57-37-39-67-64(44-57)60-27-14-17-29-66(60)74(67,3)4/h5-39,44-50,53,73H,40-43H2,1-4H3. The van der Waals surface area contributed by atoms with Crippen LogP contribution >= 0.6 is 0 Å². The van der Waals surface area contributed by atoms with Crippen molar-refractivity contribution in [3.63, 3.8) is 0 Å². The third-order valence-electron chi connectivity index (χ3n) is 19.1. The topological polar surface area (TPSA) is 6.48 Å². The largest absolute Gasteiger partial charge is 0.310 e. The lowest BCUT2D eigenvalue weighted by Crippen LogP contribution is -2.35. The molecule has 77 heavy (non-hydrogen) atoms. The molecule has 2 bridgehead atoms. The van der Waals surface area contributed by atoms with Gasteiger partial charge in [0.05, 0.1) is 11.1 Å². The van der Waals surface area contributed by atoms with Crippen LogP contribution in [0.15, 0.2) is 237 Å². The van der Waals surface area contributed by atoms with Crippen molar-refractivity contribution in [2.24, 2.45) is 23.7 Å². The van der Waals surface area contributed by atoms with E-state index in [0.717, 1.165) is 40.5 Å². The summed E-state index contributed by atoms with van der Waals surface area (Å²) in [5.74, 6) is 3.76. The van der Waals surface area contributed by atoms with Gasteiger partial charge in [0.15, 0.2) is 0 Å². The Balaban J connectivity index is 0.954. The van der Waals surface area contributed by atoms with Crippen molar-refractivity contribution >= 4 is 34.1 Å². The zero-order chi connectivity index (χ0) is 51.6. The number of fused-ring (bicyclic) bond motifs is 15. The lowest BCUT2D eigenvalue weighted by molar-refractivity contribution is 0.0854. The fourth-order valence-corrected chi connectivity index (χ4v) is 16.1. The minimum atomic E-state index is -0.612. The maximum atomic E-state index is 2.60. The van der Waals surface area contributed by atoms with Crippen molar-refractivity contribution in [3.05, 3.63) is 276 Å². The van der Waals surface area contributed by atoms with Crippen LogP contribution in [0.4, 0.5) is 34.1 Å². The average molecular weight is 993 g/mol. The number of hydrogen-bond donors (Lipinski definition) is 0. The van der Waals surface area contributed by atoms with Gasteiger partial charge >= 0.3 is 0 Å². The van der Waals surface area contributed by atoms with Crippen molar-refractivity contribution < 1.29 is 0 Å². The molecule has 0 aromatic heterocycles. The Morgan fingerprint density at radius 1 is 0.351 bits per heavy atom. The summed E-state index contributed by atoms with van der Waals surface area (Å²) in [6.07, 6.45) is 5.49. The van der Waals surface area contributed by atoms with Gasteiger partial charge in [-0.15, -0.1) is 0 Å². The Hall–Kier alpha value is -8.20. The molecule has 10 aromatic carbocycles. The summed E-state index contributed by atoms with van der Waals surface area (Å²) >= 11 is 0. The summed E-state index contributed by atoms with van der Waals surface area (Å²) in [5.41, 5.74) is 26.0. The van der Waals surface area contributed by atoms with Crippen LogP contribution in [0.1, 0.15) is 98.2 Å². The number of hydrogen-bond acceptors (Lipinski definition) is 2. The molecule has 0 heterocycles. The molecule has 0 saturated heterocycles. The van der Waals surface area contributed by atoms with E-state index in [1.54, 1.807) is 0 Å². The van der Waals surface area contributed by atoms with E-state index in [2.05, 4.69) is 274 Å². The maximum absolute atomic E-state index is 2.60. The van der Waals surface area contributed by atoms with Crippen LogP contribution in [-0.2, 0) is 10.8 Å². The lowest BCUT2D eigenvalue weighted by Gasteiger charge is -2.46. The molecule has 2 saturated carbocycles. The van der Waals surface area contributed by atoms with Gasteiger partial charge in [-0.25, -0.2) is 0 Å². The number of nitrogens with zero attached hydrogens (tertiary/aromatic N) is 2. The number of benzene rings is 10. The second-order valence-electron chi connectivity index (χ2n) is 23.9. The monoisotopic (exact) mass is 993 g/mol. The molecule has 0 N–H and O–H groups in total. The summed E-state index contributed by atoms with van der Waals surface area (Å²) in [6.45, 7) is 9.76. The minimum Gasteiger partial charge on any atom is -0.310 e. The second kappa shape index (κ2) is 17.7. The third kappa shape index (κ3) is 7.00. The van der Waals surface area contributed by atoms with E-state index in [4.69, 9.17) is 0 Å². The van der Waals surface area contributed by atoms with Crippen molar-refractivity contribution in [3.8, 4) is 44.5 Å². The summed E-state index contributed by atoms with van der Waals surface area (Å²) in [4.78, 5) is 5.04. The zero-order valence-corrected chi connectivity index (χ0v) is 44.6. The molecule has 2 nitrogen and oxygen atoms in total. The van der Waals surface area contributed by atoms with Gasteiger partial charge in [-0.1, -0.05) is 191 Å². The SMILES string of the molecule is CC1CC2CC(C)C(c3ccc(N(c4ccccc4)c4cc5c(cc4-c4ccccc4)-c4ccccc4C54c5ccccc5-c5ccc(N(c6ccccc6)c6ccc7c(c6)-c6ccccc6C7(C)C)cc54)cc3)C(C1)C2. The highest BCUT2D eigenvalue weighted by atomic mass is 15.1. The van der Waals surface area contributed by atoms with E-state index in [1.807, 2.05) is 0 Å². The van der Waals surface area contributed by atoms with Gasteiger partial charge in [-0.2, -0.15) is 0 Å². The predicted molar refractivity (Wildman–Crippen MR) is 322 cm³/mol. The Labute approximate surface area is 455 Å². The predicted octanol–water partition coefficient (Wildman–Crippen LogP) is 20.1. The first-order valence-corrected chi connectivity index (χ1v) is 28.4. The van der Waals surface area contributed by atoms with Crippen LogP contribution in [0.25, 0.3) is 44.5 Å². The van der Waals surface area contributed by atoms with Crippen LogP contribution < -0.4 is 9.80 Å². The Kier molecular flexibility index (Phi) is 10.6. The maximum Gasteiger partial charge on any atom is 0.0727 e. The molecule has 0 radical (unpaired) electrons. The molecule has 2 fully saturated rings. The molecule has 6 unspecified atom stereocenters. The van der Waals surface area contributed by atoms with Gasteiger partial charge in [-0.3, -0.25) is 0 Å². The van der Waals surface area contributed by atoms with Crippen LogP contribution in [-0.4, -0.2) is 0 Å². The minimum absolute atomic E-state index is 0.0818. The summed E-state index contributed by atoms with van der Waals surface area (Å²) in [7, 11) is 0. The van der Waals surface area contributed by atoms with E-state index in [1.165, 1.54) is 121 Å². The lowest BCUT2D eigenvalue weighted by atomic mass is 9.59. The number of para-hydroxylation sites is 2. The molecular weight excluding hydrogens is 929 g/mol. The molecule has 5 aliphatic rings. The van der Waals surface area contributed by atoms with Gasteiger partial charge < -0.3 is 9.80 Å². The van der Waals surface area contributed by atoms with E-state index in [9.17, 15) is 0 Å². The number of anilines is 6. The van der Waals surface area contributed by atoms with E-state index in [-0.39, 0.29) is 5.41 Å². The fraction of sp³-hybridized carbons (Fsp3) is 0.200. The fourth-order valence-electron chi connectivity index (χ4n) is 16.1. The van der Waals surface area contributed by atoms with Crippen molar-refractivity contribution in [2.75, 3.05) is 9.80 Å². The van der Waals surface area contributed by atoms with Gasteiger partial charge in [0, 0.05) is 39.4 Å². The molecule has 2 heteroatoms. The highest BCUT2D eigenvalue weighted by Crippen LogP contribution is 2.65. The van der Waals surface area contributed by atoms with E-state index >= 15 is 0 Å². The molecule has 374 valence electrons. The summed E-state index contributed by atoms with van der Waals surface area (Å²) in [6, 6.07) is 90.2. The van der Waals surface area contributed by atoms with Crippen molar-refractivity contribution in [1.82, 2.24) is 0 Å². The zero-order valence-electron chi connectivity index (χ0n) is 44.6.